The lowest BCUT2D eigenvalue weighted by Gasteiger charge is -2.35. The van der Waals surface area contributed by atoms with Gasteiger partial charge < -0.3 is 9.64 Å². The van der Waals surface area contributed by atoms with Crippen molar-refractivity contribution in [3.05, 3.63) is 29.8 Å². The highest BCUT2D eigenvalue weighted by atomic mass is 16.5. The van der Waals surface area contributed by atoms with Gasteiger partial charge in [-0.05, 0) is 36.6 Å². The number of ether oxygens (including phenoxy) is 1. The molecule has 0 aromatic heterocycles. The summed E-state index contributed by atoms with van der Waals surface area (Å²) in [6.07, 6.45) is 0. The van der Waals surface area contributed by atoms with E-state index in [1.807, 2.05) is 13.0 Å². The van der Waals surface area contributed by atoms with Gasteiger partial charge in [0.1, 0.15) is 5.75 Å². The van der Waals surface area contributed by atoms with Gasteiger partial charge in [0.2, 0.25) is 0 Å². The summed E-state index contributed by atoms with van der Waals surface area (Å²) in [5, 5.41) is 8.71. The van der Waals surface area contributed by atoms with E-state index in [0.29, 0.717) is 11.3 Å². The summed E-state index contributed by atoms with van der Waals surface area (Å²) in [5.41, 5.74) is 0.598. The van der Waals surface area contributed by atoms with Crippen molar-refractivity contribution in [2.45, 2.75) is 33.7 Å². The molecule has 0 fully saturated rings. The fourth-order valence-electron chi connectivity index (χ4n) is 1.67. The number of carbonyl (C=O) groups is 1. The smallest absolute Gasteiger partial charge is 0.260 e. The second-order valence-corrected chi connectivity index (χ2v) is 5.97. The predicted octanol–water partition coefficient (Wildman–Crippen LogP) is 2.83. The third-order valence-corrected chi connectivity index (χ3v) is 3.57. The molecule has 0 heterocycles. The summed E-state index contributed by atoms with van der Waals surface area (Å²) in [5.74, 6) is 0.533. The minimum atomic E-state index is -0.0585. The van der Waals surface area contributed by atoms with E-state index >= 15 is 0 Å². The van der Waals surface area contributed by atoms with E-state index in [9.17, 15) is 4.79 Å². The van der Waals surface area contributed by atoms with Gasteiger partial charge in [-0.25, -0.2) is 0 Å². The van der Waals surface area contributed by atoms with Crippen molar-refractivity contribution < 1.29 is 9.53 Å². The maximum atomic E-state index is 12.1. The third-order valence-electron chi connectivity index (χ3n) is 3.57. The van der Waals surface area contributed by atoms with Gasteiger partial charge in [0.15, 0.2) is 6.61 Å². The minimum absolute atomic E-state index is 0.00280. The van der Waals surface area contributed by atoms with Gasteiger partial charge in [0.05, 0.1) is 11.6 Å². The molecular formula is C16H22N2O2. The number of likely N-dealkylation sites (N-methyl/N-ethyl adjacent to an activating group) is 1. The van der Waals surface area contributed by atoms with Crippen LogP contribution in [0.5, 0.6) is 5.75 Å². The molecular weight excluding hydrogens is 252 g/mol. The molecule has 0 aliphatic carbocycles. The Kier molecular flexibility index (Phi) is 5.15. The molecule has 1 amide bonds. The minimum Gasteiger partial charge on any atom is -0.484 e. The SMILES string of the molecule is CC(N(C)C(=O)COc1ccc(C#N)cc1)C(C)(C)C. The zero-order valence-corrected chi connectivity index (χ0v) is 12.8. The lowest BCUT2D eigenvalue weighted by molar-refractivity contribution is -0.135. The second-order valence-electron chi connectivity index (χ2n) is 5.97. The Hall–Kier alpha value is -2.02. The monoisotopic (exact) mass is 274 g/mol. The van der Waals surface area contributed by atoms with Gasteiger partial charge in [0.25, 0.3) is 5.91 Å². The molecule has 1 atom stereocenters. The van der Waals surface area contributed by atoms with E-state index < -0.39 is 0 Å². The number of rotatable bonds is 4. The lowest BCUT2D eigenvalue weighted by Crippen LogP contribution is -2.44. The normalized spacial score (nSPS) is 12.4. The number of hydrogen-bond donors (Lipinski definition) is 0. The van der Waals surface area contributed by atoms with E-state index in [0.717, 1.165) is 0 Å². The van der Waals surface area contributed by atoms with Crippen molar-refractivity contribution in [1.29, 1.82) is 5.26 Å². The molecule has 1 rings (SSSR count). The topological polar surface area (TPSA) is 53.3 Å². The molecule has 0 saturated heterocycles. The van der Waals surface area contributed by atoms with Crippen LogP contribution in [0.1, 0.15) is 33.3 Å². The first kappa shape index (κ1) is 16.0. The average molecular weight is 274 g/mol. The Balaban J connectivity index is 2.56. The number of nitriles is 1. The number of benzene rings is 1. The highest BCUT2D eigenvalue weighted by molar-refractivity contribution is 5.77. The van der Waals surface area contributed by atoms with Crippen molar-refractivity contribution in [2.75, 3.05) is 13.7 Å². The molecule has 4 nitrogen and oxygen atoms in total. The summed E-state index contributed by atoms with van der Waals surface area (Å²) >= 11 is 0. The Labute approximate surface area is 121 Å². The van der Waals surface area contributed by atoms with Crippen molar-refractivity contribution in [3.8, 4) is 11.8 Å². The van der Waals surface area contributed by atoms with E-state index in [2.05, 4.69) is 20.8 Å². The van der Waals surface area contributed by atoms with Gasteiger partial charge in [-0.3, -0.25) is 4.79 Å². The van der Waals surface area contributed by atoms with Crippen LogP contribution in [0.25, 0.3) is 0 Å². The van der Waals surface area contributed by atoms with Crippen LogP contribution >= 0.6 is 0 Å². The van der Waals surface area contributed by atoms with Crippen LogP contribution in [-0.2, 0) is 4.79 Å². The molecule has 0 radical (unpaired) electrons. The third kappa shape index (κ3) is 4.27. The van der Waals surface area contributed by atoms with E-state index in [1.54, 1.807) is 36.2 Å². The van der Waals surface area contributed by atoms with Gasteiger partial charge in [-0.15, -0.1) is 0 Å². The van der Waals surface area contributed by atoms with Crippen LogP contribution < -0.4 is 4.74 Å². The summed E-state index contributed by atoms with van der Waals surface area (Å²) in [6.45, 7) is 8.33. The van der Waals surface area contributed by atoms with E-state index in [4.69, 9.17) is 10.00 Å². The Morgan fingerprint density at radius 1 is 1.35 bits per heavy atom. The molecule has 1 unspecified atom stereocenters. The van der Waals surface area contributed by atoms with Crippen molar-refractivity contribution >= 4 is 5.91 Å². The molecule has 0 aliphatic heterocycles. The van der Waals surface area contributed by atoms with Crippen LogP contribution in [0.3, 0.4) is 0 Å². The number of hydrogen-bond acceptors (Lipinski definition) is 3. The fraction of sp³-hybridized carbons (Fsp3) is 0.500. The standard InChI is InChI=1S/C16H22N2O2/c1-12(16(2,3)4)18(5)15(19)11-20-14-8-6-13(10-17)7-9-14/h6-9,12H,11H2,1-5H3. The van der Waals surface area contributed by atoms with Gasteiger partial charge in [-0.2, -0.15) is 5.26 Å². The molecule has 1 aromatic carbocycles. The fourth-order valence-corrected chi connectivity index (χ4v) is 1.67. The molecule has 0 spiro atoms. The van der Waals surface area contributed by atoms with Crippen LogP contribution in [-0.4, -0.2) is 30.5 Å². The van der Waals surface area contributed by atoms with Gasteiger partial charge >= 0.3 is 0 Å². The van der Waals surface area contributed by atoms with Crippen LogP contribution in [0.2, 0.25) is 0 Å². The number of carbonyl (C=O) groups excluding carboxylic acids is 1. The molecule has 0 bridgehead atoms. The number of amides is 1. The highest BCUT2D eigenvalue weighted by Crippen LogP contribution is 2.23. The summed E-state index contributed by atoms with van der Waals surface area (Å²) in [7, 11) is 1.79. The Bertz CT molecular complexity index is 495. The summed E-state index contributed by atoms with van der Waals surface area (Å²) in [6, 6.07) is 8.89. The van der Waals surface area contributed by atoms with Crippen LogP contribution in [0.4, 0.5) is 0 Å². The first-order chi connectivity index (χ1) is 9.25. The highest BCUT2D eigenvalue weighted by Gasteiger charge is 2.27. The molecule has 20 heavy (non-hydrogen) atoms. The molecule has 108 valence electrons. The van der Waals surface area contributed by atoms with Gasteiger partial charge in [0, 0.05) is 13.1 Å². The predicted molar refractivity (Wildman–Crippen MR) is 78.3 cm³/mol. The molecule has 1 aromatic rings. The maximum Gasteiger partial charge on any atom is 0.260 e. The zero-order chi connectivity index (χ0) is 15.3. The Morgan fingerprint density at radius 3 is 2.35 bits per heavy atom. The average Bonchev–Trinajstić information content (AvgIpc) is 2.42. The first-order valence-corrected chi connectivity index (χ1v) is 6.64. The van der Waals surface area contributed by atoms with Gasteiger partial charge in [-0.1, -0.05) is 20.8 Å². The largest absolute Gasteiger partial charge is 0.484 e. The van der Waals surface area contributed by atoms with Crippen molar-refractivity contribution in [3.63, 3.8) is 0 Å². The molecule has 0 saturated carbocycles. The zero-order valence-electron chi connectivity index (χ0n) is 12.8. The second kappa shape index (κ2) is 6.42. The first-order valence-electron chi connectivity index (χ1n) is 6.64. The van der Waals surface area contributed by atoms with Crippen molar-refractivity contribution in [2.24, 2.45) is 5.41 Å². The lowest BCUT2D eigenvalue weighted by atomic mass is 9.87. The van der Waals surface area contributed by atoms with Crippen LogP contribution in [0, 0.1) is 16.7 Å². The van der Waals surface area contributed by atoms with E-state index in [-0.39, 0.29) is 24.0 Å². The molecule has 4 heteroatoms. The number of nitrogens with zero attached hydrogens (tertiary/aromatic N) is 2. The van der Waals surface area contributed by atoms with Crippen LogP contribution in [0.15, 0.2) is 24.3 Å². The van der Waals surface area contributed by atoms with Crippen molar-refractivity contribution in [1.82, 2.24) is 4.90 Å². The molecule has 0 aliphatic rings. The summed E-state index contributed by atoms with van der Waals surface area (Å²) in [4.78, 5) is 13.8. The Morgan fingerprint density at radius 2 is 1.90 bits per heavy atom. The maximum absolute atomic E-state index is 12.1. The summed E-state index contributed by atoms with van der Waals surface area (Å²) < 4.78 is 5.45. The quantitative estimate of drug-likeness (QED) is 0.848. The molecule has 0 N–H and O–H groups in total. The van der Waals surface area contributed by atoms with E-state index in [1.165, 1.54) is 0 Å².